The van der Waals surface area contributed by atoms with Gasteiger partial charge in [0.15, 0.2) is 5.96 Å². The highest BCUT2D eigenvalue weighted by Gasteiger charge is 2.40. The van der Waals surface area contributed by atoms with E-state index in [1.807, 2.05) is 24.4 Å². The molecule has 1 aromatic heterocycles. The van der Waals surface area contributed by atoms with Gasteiger partial charge in [-0.25, -0.2) is 4.99 Å². The first-order valence-electron chi connectivity index (χ1n) is 10.2. The van der Waals surface area contributed by atoms with Crippen molar-refractivity contribution in [1.82, 2.24) is 15.5 Å². The molecule has 0 radical (unpaired) electrons. The second kappa shape index (κ2) is 9.63. The minimum absolute atomic E-state index is 0.271. The van der Waals surface area contributed by atoms with Gasteiger partial charge in [0.2, 0.25) is 0 Å². The van der Waals surface area contributed by atoms with Gasteiger partial charge in [0, 0.05) is 48.1 Å². The summed E-state index contributed by atoms with van der Waals surface area (Å²) in [6, 6.07) is 3.95. The number of hydrogen-bond donors (Lipinski definition) is 3. The average Bonchev–Trinajstić information content (AvgIpc) is 3.38. The third-order valence-electron chi connectivity index (χ3n) is 5.74. The van der Waals surface area contributed by atoms with Gasteiger partial charge in [-0.2, -0.15) is 11.8 Å². The fraction of sp³-hybridized carbons (Fsp3) is 0.750. The van der Waals surface area contributed by atoms with Gasteiger partial charge < -0.3 is 15.7 Å². The lowest BCUT2D eigenvalue weighted by molar-refractivity contribution is 0.0710. The summed E-state index contributed by atoms with van der Waals surface area (Å²) in [5, 5.41) is 19.7. The van der Waals surface area contributed by atoms with Crippen LogP contribution in [0.2, 0.25) is 0 Å². The molecule has 0 spiro atoms. The normalized spacial score (nSPS) is 23.1. The van der Waals surface area contributed by atoms with Crippen LogP contribution in [0.1, 0.15) is 44.4 Å². The van der Waals surface area contributed by atoms with Crippen LogP contribution in [0.4, 0.5) is 0 Å². The zero-order chi connectivity index (χ0) is 19.2. The van der Waals surface area contributed by atoms with E-state index >= 15 is 0 Å². The Hall–Kier alpha value is -0.760. The predicted octanol–water partition coefficient (Wildman–Crippen LogP) is 2.87. The lowest BCUT2D eigenvalue weighted by Crippen LogP contribution is -2.57. The highest BCUT2D eigenvalue weighted by Crippen LogP contribution is 2.36. The van der Waals surface area contributed by atoms with Crippen LogP contribution >= 0.6 is 23.1 Å². The van der Waals surface area contributed by atoms with Crippen molar-refractivity contribution in [3.8, 4) is 0 Å². The highest BCUT2D eigenvalue weighted by atomic mass is 32.2. The number of hydrogen-bond acceptors (Lipinski definition) is 5. The van der Waals surface area contributed by atoms with Crippen LogP contribution in [0.3, 0.4) is 0 Å². The summed E-state index contributed by atoms with van der Waals surface area (Å²) in [5.74, 6) is 3.31. The second-order valence-corrected chi connectivity index (χ2v) is 10.0. The quantitative estimate of drug-likeness (QED) is 0.477. The molecule has 27 heavy (non-hydrogen) atoms. The van der Waals surface area contributed by atoms with Crippen LogP contribution < -0.4 is 10.6 Å². The van der Waals surface area contributed by atoms with E-state index in [0.717, 1.165) is 23.9 Å². The molecule has 1 saturated heterocycles. The monoisotopic (exact) mass is 410 g/mol. The fourth-order valence-corrected chi connectivity index (χ4v) is 5.84. The van der Waals surface area contributed by atoms with E-state index in [1.54, 1.807) is 11.3 Å². The Morgan fingerprint density at radius 1 is 1.30 bits per heavy atom. The highest BCUT2D eigenvalue weighted by molar-refractivity contribution is 7.99. The Morgan fingerprint density at radius 2 is 2.04 bits per heavy atom. The minimum atomic E-state index is -0.925. The zero-order valence-electron chi connectivity index (χ0n) is 16.7. The topological polar surface area (TPSA) is 59.9 Å². The molecule has 2 heterocycles. The third kappa shape index (κ3) is 5.40. The Labute approximate surface area is 172 Å². The summed E-state index contributed by atoms with van der Waals surface area (Å²) in [5.41, 5.74) is -0.654. The van der Waals surface area contributed by atoms with Crippen LogP contribution in [-0.2, 0) is 5.60 Å². The largest absolute Gasteiger partial charge is 0.383 e. The van der Waals surface area contributed by atoms with E-state index in [9.17, 15) is 5.11 Å². The lowest BCUT2D eigenvalue weighted by atomic mass is 9.94. The minimum Gasteiger partial charge on any atom is -0.383 e. The molecule has 1 unspecified atom stereocenters. The molecular formula is C20H34N4OS2. The van der Waals surface area contributed by atoms with E-state index in [2.05, 4.69) is 34.2 Å². The smallest absolute Gasteiger partial charge is 0.191 e. The molecule has 0 bridgehead atoms. The number of aliphatic hydroxyl groups is 1. The lowest BCUT2D eigenvalue weighted by Gasteiger charge is -2.43. The summed E-state index contributed by atoms with van der Waals surface area (Å²) >= 11 is 3.65. The number of thiophene rings is 1. The third-order valence-corrected chi connectivity index (χ3v) is 7.81. The van der Waals surface area contributed by atoms with E-state index < -0.39 is 5.60 Å². The van der Waals surface area contributed by atoms with Crippen molar-refractivity contribution in [1.29, 1.82) is 0 Å². The van der Waals surface area contributed by atoms with Crippen LogP contribution in [0.25, 0.3) is 0 Å². The van der Waals surface area contributed by atoms with Crippen LogP contribution in [-0.4, -0.2) is 65.7 Å². The molecule has 1 aromatic rings. The summed E-state index contributed by atoms with van der Waals surface area (Å²) < 4.78 is 0. The van der Waals surface area contributed by atoms with E-state index in [0.29, 0.717) is 6.54 Å². The molecule has 2 fully saturated rings. The van der Waals surface area contributed by atoms with Gasteiger partial charge in [-0.1, -0.05) is 18.9 Å². The number of aliphatic imine (C=N–C) groups is 1. The van der Waals surface area contributed by atoms with Crippen LogP contribution in [0.15, 0.2) is 22.5 Å². The molecular weight excluding hydrogens is 376 g/mol. The molecule has 2 aliphatic rings. The Morgan fingerprint density at radius 3 is 2.67 bits per heavy atom. The molecule has 152 valence electrons. The summed E-state index contributed by atoms with van der Waals surface area (Å²) in [6.45, 7) is 8.44. The Bertz CT molecular complexity index is 591. The molecule has 1 aliphatic heterocycles. The van der Waals surface area contributed by atoms with Crippen molar-refractivity contribution in [2.24, 2.45) is 4.99 Å². The number of rotatable bonds is 7. The van der Waals surface area contributed by atoms with Gasteiger partial charge in [-0.3, -0.25) is 4.90 Å². The average molecular weight is 411 g/mol. The maximum absolute atomic E-state index is 10.8. The fourth-order valence-electron chi connectivity index (χ4n) is 4.16. The van der Waals surface area contributed by atoms with Crippen LogP contribution in [0, 0.1) is 0 Å². The number of thioether (sulfide) groups is 1. The zero-order valence-corrected chi connectivity index (χ0v) is 18.3. The van der Waals surface area contributed by atoms with Crippen molar-refractivity contribution >= 4 is 29.1 Å². The molecule has 3 rings (SSSR count). The SMILES string of the molecule is CCNC(=NCC(C)(O)c1cccs1)NCC1(N2CCSCC2)CCCC1. The molecule has 1 aliphatic carbocycles. The van der Waals surface area contributed by atoms with E-state index in [-0.39, 0.29) is 5.54 Å². The first-order valence-corrected chi connectivity index (χ1v) is 12.2. The standard InChI is InChI=1S/C20H34N4OS2/c1-3-21-18(22-15-19(2,25)17-7-6-12-27-17)23-16-20(8-4-5-9-20)24-10-13-26-14-11-24/h6-7,12,25H,3-5,8-11,13-16H2,1-2H3,(H2,21,22,23). The maximum atomic E-state index is 10.8. The van der Waals surface area contributed by atoms with Crippen molar-refractivity contribution in [2.45, 2.75) is 50.7 Å². The molecule has 3 N–H and O–H groups in total. The van der Waals surface area contributed by atoms with Gasteiger partial charge >= 0.3 is 0 Å². The van der Waals surface area contributed by atoms with Crippen LogP contribution in [0.5, 0.6) is 0 Å². The second-order valence-electron chi connectivity index (χ2n) is 7.83. The molecule has 7 heteroatoms. The summed E-state index contributed by atoms with van der Waals surface area (Å²) in [7, 11) is 0. The van der Waals surface area contributed by atoms with Crippen molar-refractivity contribution in [2.75, 3.05) is 44.2 Å². The van der Waals surface area contributed by atoms with Gasteiger partial charge in [0.25, 0.3) is 0 Å². The van der Waals surface area contributed by atoms with Gasteiger partial charge in [-0.05, 0) is 38.1 Å². The molecule has 0 amide bonds. The molecule has 1 atom stereocenters. The maximum Gasteiger partial charge on any atom is 0.191 e. The van der Waals surface area contributed by atoms with Crippen molar-refractivity contribution in [3.05, 3.63) is 22.4 Å². The summed E-state index contributed by atoms with van der Waals surface area (Å²) in [4.78, 5) is 8.38. The first-order chi connectivity index (χ1) is 13.1. The Kier molecular flexibility index (Phi) is 7.48. The van der Waals surface area contributed by atoms with E-state index in [4.69, 9.17) is 4.99 Å². The van der Waals surface area contributed by atoms with Crippen molar-refractivity contribution < 1.29 is 5.11 Å². The summed E-state index contributed by atoms with van der Waals surface area (Å²) in [6.07, 6.45) is 5.20. The van der Waals surface area contributed by atoms with Crippen molar-refractivity contribution in [3.63, 3.8) is 0 Å². The number of nitrogens with zero attached hydrogens (tertiary/aromatic N) is 2. The number of guanidine groups is 1. The first kappa shape index (κ1) is 21.0. The Balaban J connectivity index is 1.64. The number of nitrogens with one attached hydrogen (secondary N) is 2. The molecule has 1 saturated carbocycles. The van der Waals surface area contributed by atoms with Gasteiger partial charge in [-0.15, -0.1) is 11.3 Å². The van der Waals surface area contributed by atoms with E-state index in [1.165, 1.54) is 50.3 Å². The van der Waals surface area contributed by atoms with Gasteiger partial charge in [0.05, 0.1) is 6.54 Å². The van der Waals surface area contributed by atoms with Gasteiger partial charge in [0.1, 0.15) is 5.60 Å². The molecule has 0 aromatic carbocycles. The molecule has 5 nitrogen and oxygen atoms in total. The predicted molar refractivity (Wildman–Crippen MR) is 118 cm³/mol.